The monoisotopic (exact) mass is 456 g/mol. The van der Waals surface area contributed by atoms with E-state index in [2.05, 4.69) is 22.5 Å². The normalized spacial score (nSPS) is 15.6. The molecular formula is C25H33ClN4O2. The van der Waals surface area contributed by atoms with Crippen LogP contribution in [0.5, 0.6) is 0 Å². The van der Waals surface area contributed by atoms with Gasteiger partial charge in [-0.25, -0.2) is 14.8 Å². The number of aromatic nitrogens is 3. The number of carbonyl (C=O) groups is 1. The quantitative estimate of drug-likeness (QED) is 0.427. The third kappa shape index (κ3) is 4.85. The minimum atomic E-state index is -0.466. The Balaban J connectivity index is 1.60. The smallest absolute Gasteiger partial charge is 0.410 e. The van der Waals surface area contributed by atoms with E-state index in [1.807, 2.05) is 43.9 Å². The number of likely N-dealkylation sites (tertiary alicyclic amines) is 1. The number of benzene rings is 1. The molecule has 0 N–H and O–H groups in total. The Labute approximate surface area is 194 Å². The van der Waals surface area contributed by atoms with Gasteiger partial charge in [0, 0.05) is 31.4 Å². The Hall–Kier alpha value is -2.34. The molecule has 1 amide bonds. The van der Waals surface area contributed by atoms with Crippen molar-refractivity contribution in [2.24, 2.45) is 5.92 Å². The molecule has 1 aliphatic heterocycles. The van der Waals surface area contributed by atoms with E-state index in [0.29, 0.717) is 11.1 Å². The number of hydrogen-bond acceptors (Lipinski definition) is 4. The molecule has 7 heteroatoms. The van der Waals surface area contributed by atoms with Crippen molar-refractivity contribution in [2.75, 3.05) is 13.1 Å². The van der Waals surface area contributed by atoms with E-state index >= 15 is 0 Å². The average molecular weight is 457 g/mol. The van der Waals surface area contributed by atoms with Gasteiger partial charge >= 0.3 is 6.09 Å². The fourth-order valence-corrected chi connectivity index (χ4v) is 4.67. The molecule has 3 aromatic rings. The lowest BCUT2D eigenvalue weighted by atomic mass is 9.96. The number of halogens is 1. The van der Waals surface area contributed by atoms with Crippen LogP contribution in [0.25, 0.3) is 21.9 Å². The van der Waals surface area contributed by atoms with E-state index in [4.69, 9.17) is 21.3 Å². The molecule has 0 aliphatic carbocycles. The number of ether oxygens (including phenoxy) is 1. The summed E-state index contributed by atoms with van der Waals surface area (Å²) >= 11 is 6.56. The molecule has 0 spiro atoms. The first kappa shape index (κ1) is 22.8. The van der Waals surface area contributed by atoms with Crippen LogP contribution in [0.15, 0.2) is 24.3 Å². The molecule has 0 atom stereocenters. The summed E-state index contributed by atoms with van der Waals surface area (Å²) in [4.78, 5) is 23.8. The van der Waals surface area contributed by atoms with Crippen LogP contribution in [0.2, 0.25) is 5.15 Å². The van der Waals surface area contributed by atoms with Crippen molar-refractivity contribution >= 4 is 39.6 Å². The number of fused-ring (bicyclic) bond motifs is 3. The lowest BCUT2D eigenvalue weighted by Gasteiger charge is -2.33. The lowest BCUT2D eigenvalue weighted by molar-refractivity contribution is 0.0178. The van der Waals surface area contributed by atoms with Crippen LogP contribution in [-0.4, -0.2) is 44.2 Å². The molecule has 0 bridgehead atoms. The number of carbonyl (C=O) groups excluding carboxylic acids is 1. The summed E-state index contributed by atoms with van der Waals surface area (Å²) in [6.07, 6.45) is 4.81. The Morgan fingerprint density at radius 2 is 1.91 bits per heavy atom. The third-order valence-corrected chi connectivity index (χ3v) is 6.34. The summed E-state index contributed by atoms with van der Waals surface area (Å²) in [7, 11) is 0. The molecule has 0 saturated carbocycles. The van der Waals surface area contributed by atoms with Crippen molar-refractivity contribution in [3.05, 3.63) is 35.2 Å². The summed E-state index contributed by atoms with van der Waals surface area (Å²) in [5, 5.41) is 1.56. The number of amides is 1. The number of unbranched alkanes of at least 4 members (excludes halogenated alkanes) is 1. The van der Waals surface area contributed by atoms with Gasteiger partial charge in [-0.2, -0.15) is 0 Å². The van der Waals surface area contributed by atoms with Crippen molar-refractivity contribution in [2.45, 2.75) is 71.9 Å². The molecule has 2 aromatic heterocycles. The third-order valence-electron chi connectivity index (χ3n) is 6.08. The Kier molecular flexibility index (Phi) is 6.61. The van der Waals surface area contributed by atoms with E-state index in [1.54, 1.807) is 0 Å². The van der Waals surface area contributed by atoms with Gasteiger partial charge in [-0.05, 0) is 52.0 Å². The first-order valence-corrected chi connectivity index (χ1v) is 12.1. The van der Waals surface area contributed by atoms with Crippen LogP contribution in [0, 0.1) is 5.92 Å². The zero-order valence-electron chi connectivity index (χ0n) is 19.5. The molecule has 0 radical (unpaired) electrons. The lowest BCUT2D eigenvalue weighted by Crippen LogP contribution is -2.42. The molecule has 4 rings (SSSR count). The number of rotatable bonds is 5. The maximum atomic E-state index is 12.4. The zero-order chi connectivity index (χ0) is 22.9. The molecule has 1 fully saturated rings. The van der Waals surface area contributed by atoms with E-state index < -0.39 is 5.60 Å². The summed E-state index contributed by atoms with van der Waals surface area (Å²) in [6, 6.07) is 8.14. The van der Waals surface area contributed by atoms with Crippen LogP contribution >= 0.6 is 11.6 Å². The van der Waals surface area contributed by atoms with Crippen molar-refractivity contribution in [1.82, 2.24) is 19.4 Å². The second-order valence-electron chi connectivity index (χ2n) is 9.77. The maximum Gasteiger partial charge on any atom is 0.410 e. The van der Waals surface area contributed by atoms with Crippen LogP contribution in [0.4, 0.5) is 4.79 Å². The van der Waals surface area contributed by atoms with Gasteiger partial charge < -0.3 is 14.2 Å². The Morgan fingerprint density at radius 3 is 2.59 bits per heavy atom. The van der Waals surface area contributed by atoms with Crippen LogP contribution < -0.4 is 0 Å². The minimum Gasteiger partial charge on any atom is -0.444 e. The molecule has 1 aromatic carbocycles. The molecule has 0 unspecified atom stereocenters. The molecule has 172 valence electrons. The number of imidazole rings is 1. The minimum absolute atomic E-state index is 0.212. The second-order valence-corrected chi connectivity index (χ2v) is 10.1. The standard InChI is InChI=1S/C25H33ClN4O2/c1-5-6-11-20-28-21-22(18-9-7-8-10-19(18)27-23(21)26)30(20)16-17-12-14-29(15-13-17)24(31)32-25(2,3)4/h7-10,17H,5-6,11-16H2,1-4H3. The summed E-state index contributed by atoms with van der Waals surface area (Å²) in [6.45, 7) is 10.2. The molecule has 6 nitrogen and oxygen atoms in total. The number of aryl methyl sites for hydroxylation is 1. The summed E-state index contributed by atoms with van der Waals surface area (Å²) in [5.74, 6) is 1.55. The molecule has 1 aliphatic rings. The van der Waals surface area contributed by atoms with E-state index in [-0.39, 0.29) is 6.09 Å². The molecular weight excluding hydrogens is 424 g/mol. The zero-order valence-corrected chi connectivity index (χ0v) is 20.3. The van der Waals surface area contributed by atoms with Crippen molar-refractivity contribution in [1.29, 1.82) is 0 Å². The first-order chi connectivity index (χ1) is 15.3. The van der Waals surface area contributed by atoms with Crippen molar-refractivity contribution in [3.63, 3.8) is 0 Å². The molecule has 3 heterocycles. The van der Waals surface area contributed by atoms with Crippen molar-refractivity contribution < 1.29 is 9.53 Å². The van der Waals surface area contributed by atoms with Gasteiger partial charge in [-0.1, -0.05) is 43.1 Å². The SMILES string of the molecule is CCCCc1nc2c(Cl)nc3ccccc3c2n1CC1CCN(C(=O)OC(C)(C)C)CC1. The largest absolute Gasteiger partial charge is 0.444 e. The van der Waals surface area contributed by atoms with Gasteiger partial charge in [0.05, 0.1) is 11.0 Å². The molecule has 32 heavy (non-hydrogen) atoms. The highest BCUT2D eigenvalue weighted by Gasteiger charge is 2.28. The second kappa shape index (κ2) is 9.26. The van der Waals surface area contributed by atoms with Gasteiger partial charge in [0.1, 0.15) is 16.9 Å². The van der Waals surface area contributed by atoms with Gasteiger partial charge in [0.25, 0.3) is 0 Å². The highest BCUT2D eigenvalue weighted by atomic mass is 35.5. The number of para-hydroxylation sites is 1. The van der Waals surface area contributed by atoms with E-state index in [9.17, 15) is 4.79 Å². The number of hydrogen-bond donors (Lipinski definition) is 0. The fraction of sp³-hybridized carbons (Fsp3) is 0.560. The van der Waals surface area contributed by atoms with Crippen molar-refractivity contribution in [3.8, 4) is 0 Å². The number of pyridine rings is 1. The fourth-order valence-electron chi connectivity index (χ4n) is 4.45. The van der Waals surface area contributed by atoms with Gasteiger partial charge in [0.2, 0.25) is 0 Å². The topological polar surface area (TPSA) is 60.2 Å². The highest BCUT2D eigenvalue weighted by Crippen LogP contribution is 2.32. The highest BCUT2D eigenvalue weighted by molar-refractivity contribution is 6.35. The predicted octanol–water partition coefficient (Wildman–Crippen LogP) is 6.23. The number of piperidine rings is 1. The van der Waals surface area contributed by atoms with Crippen LogP contribution in [0.3, 0.4) is 0 Å². The predicted molar refractivity (Wildman–Crippen MR) is 129 cm³/mol. The summed E-state index contributed by atoms with van der Waals surface area (Å²) in [5.41, 5.74) is 2.31. The first-order valence-electron chi connectivity index (χ1n) is 11.7. The molecule has 1 saturated heterocycles. The maximum absolute atomic E-state index is 12.4. The van der Waals surface area contributed by atoms with E-state index in [0.717, 1.165) is 79.5 Å². The Morgan fingerprint density at radius 1 is 1.19 bits per heavy atom. The van der Waals surface area contributed by atoms with Crippen LogP contribution in [-0.2, 0) is 17.7 Å². The van der Waals surface area contributed by atoms with Crippen LogP contribution in [0.1, 0.15) is 59.2 Å². The number of nitrogens with zero attached hydrogens (tertiary/aromatic N) is 4. The van der Waals surface area contributed by atoms with E-state index in [1.165, 1.54) is 0 Å². The van der Waals surface area contributed by atoms with Gasteiger partial charge in [-0.15, -0.1) is 0 Å². The Bertz CT molecular complexity index is 1110. The van der Waals surface area contributed by atoms with Gasteiger partial charge in [0.15, 0.2) is 5.15 Å². The summed E-state index contributed by atoms with van der Waals surface area (Å²) < 4.78 is 7.92. The van der Waals surface area contributed by atoms with Gasteiger partial charge in [-0.3, -0.25) is 0 Å². The average Bonchev–Trinajstić information content (AvgIpc) is 3.10.